The third kappa shape index (κ3) is 8.50. The Morgan fingerprint density at radius 1 is 0.222 bits per heavy atom. The van der Waals surface area contributed by atoms with Gasteiger partial charge in [-0.2, -0.15) is 26.3 Å². The maximum absolute atomic E-state index is 14.7. The van der Waals surface area contributed by atoms with E-state index in [2.05, 4.69) is 147 Å². The van der Waals surface area contributed by atoms with Gasteiger partial charge in [-0.1, -0.05) is 146 Å². The van der Waals surface area contributed by atoms with E-state index in [0.29, 0.717) is 16.6 Å². The first-order valence-electron chi connectivity index (χ1n) is 29.4. The lowest BCUT2D eigenvalue weighted by molar-refractivity contribution is -0.143. The highest BCUT2D eigenvalue weighted by Crippen LogP contribution is 2.44. The fraction of sp³-hybridized carbons (Fsp3) is 0.0256. The van der Waals surface area contributed by atoms with Crippen molar-refractivity contribution in [2.75, 3.05) is 0 Å². The molecule has 0 unspecified atom stereocenters. The van der Waals surface area contributed by atoms with Gasteiger partial charge in [-0.05, 0) is 156 Å². The number of benzene rings is 12. The fourth-order valence-electron chi connectivity index (χ4n) is 13.6. The molecule has 0 spiro atoms. The molecule has 17 aromatic rings. The summed E-state index contributed by atoms with van der Waals surface area (Å²) in [4.78, 5) is 10.2. The van der Waals surface area contributed by atoms with Gasteiger partial charge < -0.3 is 13.7 Å². The van der Waals surface area contributed by atoms with Crippen LogP contribution in [0.15, 0.2) is 279 Å². The molecule has 12 heteroatoms. The lowest BCUT2D eigenvalue weighted by Crippen LogP contribution is -2.11. The van der Waals surface area contributed by atoms with Crippen LogP contribution in [0.25, 0.3) is 155 Å². The summed E-state index contributed by atoms with van der Waals surface area (Å²) in [5.74, 6) is 0.0557. The van der Waals surface area contributed by atoms with E-state index < -0.39 is 23.5 Å². The van der Waals surface area contributed by atoms with Crippen molar-refractivity contribution in [1.29, 1.82) is 0 Å². The summed E-state index contributed by atoms with van der Waals surface area (Å²) < 4.78 is 96.7. The molecule has 0 saturated carbocycles. The normalized spacial score (nSPS) is 12.3. The maximum atomic E-state index is 14.7. The third-order valence-electron chi connectivity index (χ3n) is 17.6. The Morgan fingerprint density at radius 3 is 0.944 bits per heavy atom. The van der Waals surface area contributed by atoms with E-state index in [4.69, 9.17) is 9.97 Å². The van der Waals surface area contributed by atoms with Crippen molar-refractivity contribution in [2.45, 2.75) is 12.4 Å². The van der Waals surface area contributed by atoms with Crippen LogP contribution in [0.3, 0.4) is 0 Å². The first-order chi connectivity index (χ1) is 43.9. The van der Waals surface area contributed by atoms with Gasteiger partial charge in [-0.15, -0.1) is 0 Å². The van der Waals surface area contributed by atoms with E-state index >= 15 is 0 Å². The van der Waals surface area contributed by atoms with Gasteiger partial charge in [-0.3, -0.25) is 4.57 Å². The Bertz CT molecular complexity index is 5740. The van der Waals surface area contributed by atoms with Gasteiger partial charge in [0.05, 0.1) is 66.6 Å². The first kappa shape index (κ1) is 52.8. The molecule has 90 heavy (non-hydrogen) atoms. The maximum Gasteiger partial charge on any atom is 0.416 e. The van der Waals surface area contributed by atoms with E-state index in [1.807, 2.05) is 126 Å². The zero-order valence-corrected chi connectivity index (χ0v) is 47.5. The average Bonchev–Trinajstić information content (AvgIpc) is 1.60. The second kappa shape index (κ2) is 20.0. The first-order valence-corrected chi connectivity index (χ1v) is 29.4. The molecule has 12 aromatic carbocycles. The molecule has 0 amide bonds. The van der Waals surface area contributed by atoms with Crippen LogP contribution in [0.5, 0.6) is 0 Å². The molecule has 17 rings (SSSR count). The van der Waals surface area contributed by atoms with Crippen LogP contribution in [-0.4, -0.2) is 28.2 Å². The van der Waals surface area contributed by atoms with Crippen LogP contribution >= 0.6 is 0 Å². The minimum atomic E-state index is -5.10. The molecule has 0 bridgehead atoms. The number of nitrogens with zero attached hydrogens (tertiary/aromatic N) is 6. The van der Waals surface area contributed by atoms with Crippen LogP contribution in [0.1, 0.15) is 11.1 Å². The van der Waals surface area contributed by atoms with Crippen molar-refractivity contribution >= 4 is 87.2 Å². The SMILES string of the molecule is FC(F)(F)c1cc(-c2cc(-c3cccc(-n4c5ccccc5c5cc(-c6ccc7c(c6)c6ccccc6n7-c6ccccc6)ccc54)c3)nc(-n3c4ccccc4c4cc(-c5ccc6c(c5)c5ccccc5n6-c5ccccc5)ccc43)n2)cc(C(F)(F)F)c1. The van der Waals surface area contributed by atoms with Gasteiger partial charge in [0.2, 0.25) is 5.95 Å². The topological polar surface area (TPSA) is 45.5 Å². The van der Waals surface area contributed by atoms with Gasteiger partial charge in [-0.25, -0.2) is 9.97 Å². The lowest BCUT2D eigenvalue weighted by Gasteiger charge is -2.16. The van der Waals surface area contributed by atoms with Crippen molar-refractivity contribution in [3.05, 3.63) is 290 Å². The molecule has 0 aliphatic rings. The van der Waals surface area contributed by atoms with Crippen LogP contribution < -0.4 is 0 Å². The molecule has 0 saturated heterocycles. The number of hydrogen-bond acceptors (Lipinski definition) is 2. The molecule has 0 aliphatic heterocycles. The van der Waals surface area contributed by atoms with Gasteiger partial charge in [0.1, 0.15) is 0 Å². The molecule has 5 heterocycles. The monoisotopic (exact) mass is 1180 g/mol. The molecule has 6 nitrogen and oxygen atoms in total. The van der Waals surface area contributed by atoms with Crippen LogP contribution in [-0.2, 0) is 12.4 Å². The molecule has 5 aromatic heterocycles. The smallest absolute Gasteiger partial charge is 0.309 e. The minimum Gasteiger partial charge on any atom is -0.309 e. The molecule has 430 valence electrons. The molecule has 0 fully saturated rings. The number of rotatable bonds is 8. The van der Waals surface area contributed by atoms with Crippen molar-refractivity contribution in [2.24, 2.45) is 0 Å². The van der Waals surface area contributed by atoms with Crippen LogP contribution in [0.4, 0.5) is 26.3 Å². The van der Waals surface area contributed by atoms with Crippen molar-refractivity contribution < 1.29 is 26.3 Å². The van der Waals surface area contributed by atoms with Gasteiger partial charge >= 0.3 is 12.4 Å². The molecule has 0 atom stereocenters. The predicted molar refractivity (Wildman–Crippen MR) is 351 cm³/mol. The number of aromatic nitrogens is 6. The molecule has 0 aliphatic carbocycles. The quantitative estimate of drug-likeness (QED) is 0.142. The Labute approximate surface area is 509 Å². The highest BCUT2D eigenvalue weighted by Gasteiger charge is 2.37. The second-order valence-electron chi connectivity index (χ2n) is 22.8. The molecule has 0 N–H and O–H groups in total. The standard InChI is InChI=1S/C78H46F6N6/c79-77(80,81)53-38-52(39-54(45-53)78(82,83)84)67-46-66(85-76(86-67)90-71-29-14-10-25-61(71)65-44-50(33-37-75(65)90)48-31-35-73-63(42-48)59-23-8-12-27-69(59)88(73)56-19-5-2-6-20-56)51-16-15-21-57(40-51)89-70-28-13-9-24-60(70)64-43-49(32-36-74(64)89)47-30-34-72-62(41-47)58-22-7-11-26-68(58)87(72)55-17-3-1-4-18-55/h1-46H. The van der Waals surface area contributed by atoms with Crippen molar-refractivity contribution in [3.63, 3.8) is 0 Å². The summed E-state index contributed by atoms with van der Waals surface area (Å²) >= 11 is 0. The largest absolute Gasteiger partial charge is 0.416 e. The number of fused-ring (bicyclic) bond motifs is 12. The van der Waals surface area contributed by atoms with Crippen molar-refractivity contribution in [3.8, 4) is 67.8 Å². The Hall–Kier alpha value is -11.5. The number of hydrogen-bond donors (Lipinski definition) is 0. The minimum absolute atomic E-state index is 0.0557. The highest BCUT2D eigenvalue weighted by molar-refractivity contribution is 6.15. The van der Waals surface area contributed by atoms with Gasteiger partial charge in [0, 0.05) is 71.3 Å². The summed E-state index contributed by atoms with van der Waals surface area (Å²) in [7, 11) is 0. The third-order valence-corrected chi connectivity index (χ3v) is 17.6. The van der Waals surface area contributed by atoms with E-state index in [-0.39, 0.29) is 29.0 Å². The van der Waals surface area contributed by atoms with Crippen LogP contribution in [0.2, 0.25) is 0 Å². The van der Waals surface area contributed by atoms with E-state index in [9.17, 15) is 26.3 Å². The Kier molecular flexibility index (Phi) is 11.7. The van der Waals surface area contributed by atoms with E-state index in [0.717, 1.165) is 128 Å². The Morgan fingerprint density at radius 2 is 0.544 bits per heavy atom. The molecular weight excluding hydrogens is 1130 g/mol. The fourth-order valence-corrected chi connectivity index (χ4v) is 13.6. The van der Waals surface area contributed by atoms with E-state index in [1.54, 1.807) is 0 Å². The number of halogens is 6. The van der Waals surface area contributed by atoms with Gasteiger partial charge in [0.15, 0.2) is 0 Å². The number of para-hydroxylation sites is 6. The lowest BCUT2D eigenvalue weighted by atomic mass is 10.0. The average molecular weight is 1180 g/mol. The predicted octanol–water partition coefficient (Wildman–Crippen LogP) is 21.6. The summed E-state index contributed by atoms with van der Waals surface area (Å²) in [5, 5.41) is 8.20. The molecular formula is C78H46F6N6. The zero-order valence-electron chi connectivity index (χ0n) is 47.5. The van der Waals surface area contributed by atoms with Crippen LogP contribution in [0, 0.1) is 0 Å². The Balaban J connectivity index is 0.819. The summed E-state index contributed by atoms with van der Waals surface area (Å²) in [6.45, 7) is 0. The zero-order chi connectivity index (χ0) is 60.6. The van der Waals surface area contributed by atoms with Gasteiger partial charge in [0.25, 0.3) is 0 Å². The summed E-state index contributed by atoms with van der Waals surface area (Å²) in [6, 6.07) is 89.7. The second-order valence-corrected chi connectivity index (χ2v) is 22.8. The summed E-state index contributed by atoms with van der Waals surface area (Å²) in [5.41, 5.74) is 11.9. The highest BCUT2D eigenvalue weighted by atomic mass is 19.4. The molecule has 0 radical (unpaired) electrons. The van der Waals surface area contributed by atoms with Crippen molar-refractivity contribution in [1.82, 2.24) is 28.2 Å². The summed E-state index contributed by atoms with van der Waals surface area (Å²) in [6.07, 6.45) is -10.2. The number of alkyl halides is 6. The van der Waals surface area contributed by atoms with E-state index in [1.165, 1.54) is 6.07 Å².